The fraction of sp³-hybridized carbons (Fsp3) is 0.571. The second kappa shape index (κ2) is 8.98. The van der Waals surface area contributed by atoms with Crippen molar-refractivity contribution in [2.45, 2.75) is 39.8 Å². The molecule has 0 bridgehead atoms. The maximum Gasteiger partial charge on any atom is 0.353 e. The Hall–Kier alpha value is -1.47. The van der Waals surface area contributed by atoms with Crippen LogP contribution in [0.15, 0.2) is 27.7 Å². The van der Waals surface area contributed by atoms with Crippen molar-refractivity contribution in [1.29, 1.82) is 0 Å². The molecule has 0 aliphatic rings. The topological polar surface area (TPSA) is 111 Å². The van der Waals surface area contributed by atoms with Crippen LogP contribution >= 0.6 is 7.60 Å². The van der Waals surface area contributed by atoms with E-state index in [4.69, 9.17) is 9.05 Å². The first-order chi connectivity index (χ1) is 10.8. The minimum Gasteiger partial charge on any atom is -0.389 e. The molecule has 0 aliphatic carbocycles. The van der Waals surface area contributed by atoms with Gasteiger partial charge in [0, 0.05) is 24.1 Å². The zero-order chi connectivity index (χ0) is 17.5. The summed E-state index contributed by atoms with van der Waals surface area (Å²) in [7, 11) is -3.35. The largest absolute Gasteiger partial charge is 0.389 e. The van der Waals surface area contributed by atoms with Crippen molar-refractivity contribution in [3.8, 4) is 0 Å². The molecular weight excluding hydrogens is 323 g/mol. The predicted octanol–water partition coefficient (Wildman–Crippen LogP) is 1.38. The van der Waals surface area contributed by atoms with Gasteiger partial charge < -0.3 is 18.7 Å². The normalized spacial score (nSPS) is 13.6. The smallest absolute Gasteiger partial charge is 0.353 e. The number of nitrogens with zero attached hydrogens (tertiary/aromatic N) is 1. The third kappa shape index (κ3) is 6.27. The van der Waals surface area contributed by atoms with Gasteiger partial charge in [-0.1, -0.05) is 0 Å². The third-order valence-corrected chi connectivity index (χ3v) is 4.74. The highest BCUT2D eigenvalue weighted by Crippen LogP contribution is 2.49. The summed E-state index contributed by atoms with van der Waals surface area (Å²) in [5.41, 5.74) is -0.557. The van der Waals surface area contributed by atoms with E-state index in [-0.39, 0.29) is 26.2 Å². The molecule has 0 saturated heterocycles. The molecule has 1 atom stereocenters. The standard InChI is InChI=1S/C14H23N2O6P/c1-4-21-23(20,22-5-2)9-7-12(17)6-8-16-10-11(3)13(18)15-14(16)19/h7,9-10,12,17H,4-6,8H2,1-3H3,(H,15,18,19)/b9-7+. The van der Waals surface area contributed by atoms with E-state index >= 15 is 0 Å². The Morgan fingerprint density at radius 2 is 1.96 bits per heavy atom. The quantitative estimate of drug-likeness (QED) is 0.654. The number of H-pyrrole nitrogens is 1. The van der Waals surface area contributed by atoms with E-state index in [9.17, 15) is 19.3 Å². The van der Waals surface area contributed by atoms with Gasteiger partial charge in [0.2, 0.25) is 0 Å². The Morgan fingerprint density at radius 1 is 1.35 bits per heavy atom. The van der Waals surface area contributed by atoms with Crippen LogP contribution in [0.25, 0.3) is 0 Å². The molecule has 0 amide bonds. The molecule has 0 spiro atoms. The van der Waals surface area contributed by atoms with Gasteiger partial charge in [0.05, 0.1) is 19.3 Å². The van der Waals surface area contributed by atoms with Crippen LogP contribution in [0.3, 0.4) is 0 Å². The van der Waals surface area contributed by atoms with E-state index in [2.05, 4.69) is 4.98 Å². The van der Waals surface area contributed by atoms with Crippen molar-refractivity contribution in [3.05, 3.63) is 44.5 Å². The molecule has 0 radical (unpaired) electrons. The third-order valence-electron chi connectivity index (χ3n) is 2.96. The average Bonchev–Trinajstić information content (AvgIpc) is 2.48. The molecule has 9 heteroatoms. The van der Waals surface area contributed by atoms with Crippen LogP contribution in [-0.4, -0.2) is 34.0 Å². The maximum absolute atomic E-state index is 12.2. The number of aliphatic hydroxyl groups excluding tert-OH is 1. The minimum atomic E-state index is -3.35. The Bertz CT molecular complexity index is 683. The average molecular weight is 346 g/mol. The molecular formula is C14H23N2O6P. The van der Waals surface area contributed by atoms with Crippen LogP contribution in [0.5, 0.6) is 0 Å². The van der Waals surface area contributed by atoms with Gasteiger partial charge in [-0.15, -0.1) is 0 Å². The van der Waals surface area contributed by atoms with Gasteiger partial charge in [0.15, 0.2) is 0 Å². The zero-order valence-electron chi connectivity index (χ0n) is 13.5. The van der Waals surface area contributed by atoms with E-state index in [1.165, 1.54) is 22.7 Å². The first-order valence-corrected chi connectivity index (χ1v) is 8.99. The summed E-state index contributed by atoms with van der Waals surface area (Å²) in [4.78, 5) is 25.1. The highest BCUT2D eigenvalue weighted by atomic mass is 31.2. The highest BCUT2D eigenvalue weighted by Gasteiger charge is 2.19. The van der Waals surface area contributed by atoms with E-state index in [0.29, 0.717) is 5.56 Å². The van der Waals surface area contributed by atoms with Gasteiger partial charge in [0.1, 0.15) is 0 Å². The Kier molecular flexibility index (Phi) is 7.64. The summed E-state index contributed by atoms with van der Waals surface area (Å²) >= 11 is 0. The van der Waals surface area contributed by atoms with Crippen LogP contribution in [0.1, 0.15) is 25.8 Å². The van der Waals surface area contributed by atoms with Gasteiger partial charge in [0.25, 0.3) is 5.56 Å². The molecule has 1 heterocycles. The van der Waals surface area contributed by atoms with Crippen molar-refractivity contribution in [2.24, 2.45) is 0 Å². The van der Waals surface area contributed by atoms with Crippen molar-refractivity contribution >= 4 is 7.60 Å². The number of rotatable bonds is 9. The lowest BCUT2D eigenvalue weighted by atomic mass is 10.2. The van der Waals surface area contributed by atoms with Crippen molar-refractivity contribution in [1.82, 2.24) is 9.55 Å². The molecule has 1 rings (SSSR count). The number of hydrogen-bond donors (Lipinski definition) is 2. The monoisotopic (exact) mass is 346 g/mol. The Balaban J connectivity index is 2.70. The number of aromatic nitrogens is 2. The lowest BCUT2D eigenvalue weighted by Gasteiger charge is -2.13. The van der Waals surface area contributed by atoms with Gasteiger partial charge in [-0.05, 0) is 33.3 Å². The first-order valence-electron chi connectivity index (χ1n) is 7.38. The summed E-state index contributed by atoms with van der Waals surface area (Å²) in [5, 5.41) is 9.92. The summed E-state index contributed by atoms with van der Waals surface area (Å²) in [6.45, 7) is 5.64. The fourth-order valence-electron chi connectivity index (χ4n) is 1.84. The lowest BCUT2D eigenvalue weighted by molar-refractivity contribution is 0.202. The van der Waals surface area contributed by atoms with Crippen LogP contribution in [0.2, 0.25) is 0 Å². The summed E-state index contributed by atoms with van der Waals surface area (Å²) in [6.07, 6.45) is 2.04. The highest BCUT2D eigenvalue weighted by molar-refractivity contribution is 7.57. The lowest BCUT2D eigenvalue weighted by Crippen LogP contribution is -2.31. The van der Waals surface area contributed by atoms with Gasteiger partial charge in [-0.2, -0.15) is 0 Å². The minimum absolute atomic E-state index is 0.204. The van der Waals surface area contributed by atoms with Crippen molar-refractivity contribution in [2.75, 3.05) is 13.2 Å². The van der Waals surface area contributed by atoms with Crippen LogP contribution < -0.4 is 11.2 Å². The first kappa shape index (κ1) is 19.6. The number of hydrogen-bond acceptors (Lipinski definition) is 6. The second-order valence-corrected chi connectivity index (χ2v) is 6.73. The Morgan fingerprint density at radius 3 is 2.52 bits per heavy atom. The molecule has 0 fully saturated rings. The molecule has 1 aromatic rings. The van der Waals surface area contributed by atoms with Crippen molar-refractivity contribution < 1.29 is 18.7 Å². The summed E-state index contributed by atoms with van der Waals surface area (Å²) in [6, 6.07) is 0. The van der Waals surface area contributed by atoms with E-state index in [1.807, 2.05) is 0 Å². The zero-order valence-corrected chi connectivity index (χ0v) is 14.4. The molecule has 130 valence electrons. The molecule has 0 saturated carbocycles. The van der Waals surface area contributed by atoms with Crippen LogP contribution in [0, 0.1) is 6.92 Å². The van der Waals surface area contributed by atoms with E-state index in [0.717, 1.165) is 0 Å². The number of nitrogens with one attached hydrogen (secondary N) is 1. The molecule has 1 unspecified atom stereocenters. The fourth-order valence-corrected chi connectivity index (χ4v) is 3.22. The van der Waals surface area contributed by atoms with Crippen LogP contribution in [-0.2, 0) is 20.2 Å². The molecule has 1 aromatic heterocycles. The summed E-state index contributed by atoms with van der Waals surface area (Å²) < 4.78 is 23.6. The molecule has 8 nitrogen and oxygen atoms in total. The summed E-state index contributed by atoms with van der Waals surface area (Å²) in [5.74, 6) is 1.23. The molecule has 0 aromatic carbocycles. The van der Waals surface area contributed by atoms with Crippen molar-refractivity contribution in [3.63, 3.8) is 0 Å². The van der Waals surface area contributed by atoms with Gasteiger partial charge in [-0.3, -0.25) is 14.3 Å². The van der Waals surface area contributed by atoms with E-state index in [1.54, 1.807) is 20.8 Å². The second-order valence-electron chi connectivity index (χ2n) is 4.84. The molecule has 0 aliphatic heterocycles. The molecule has 2 N–H and O–H groups in total. The Labute approximate surface area is 134 Å². The molecule has 23 heavy (non-hydrogen) atoms. The van der Waals surface area contributed by atoms with Gasteiger partial charge in [-0.25, -0.2) is 4.79 Å². The number of aliphatic hydroxyl groups is 1. The SMILES string of the molecule is CCOP(=O)(/C=C/C(O)CCn1cc(C)c(=O)[nH]c1=O)OCC. The number of aryl methyl sites for hydroxylation is 2. The predicted molar refractivity (Wildman–Crippen MR) is 86.7 cm³/mol. The van der Waals surface area contributed by atoms with Gasteiger partial charge >= 0.3 is 13.3 Å². The number of aromatic amines is 1. The van der Waals surface area contributed by atoms with Crippen LogP contribution in [0.4, 0.5) is 0 Å². The maximum atomic E-state index is 12.2. The van der Waals surface area contributed by atoms with E-state index < -0.39 is 24.9 Å².